The van der Waals surface area contributed by atoms with Gasteiger partial charge in [-0.1, -0.05) is 19.4 Å². The fourth-order valence-corrected chi connectivity index (χ4v) is 8.01. The number of allylic oxidation sites excluding steroid dienone is 1. The monoisotopic (exact) mass is 401 g/mol. The normalized spacial score (nSPS) is 49.9. The summed E-state index contributed by atoms with van der Waals surface area (Å²) in [6.07, 6.45) is 8.45. The van der Waals surface area contributed by atoms with Gasteiger partial charge in [0.15, 0.2) is 12.0 Å². The van der Waals surface area contributed by atoms with Crippen LogP contribution in [0.1, 0.15) is 65.2 Å². The van der Waals surface area contributed by atoms with E-state index in [4.69, 9.17) is 4.74 Å². The first kappa shape index (κ1) is 19.9. The zero-order chi connectivity index (χ0) is 20.6. The standard InChI is InChI=1S/C24H35NO4/c1-22-9-6-16(26)14-15(22)4-5-17-18(22)7-10-23(2)19(17)8-11-24(23,28)20(27)21-25(3)12-13-29-21/h14,17-19,21,28H,4-13H2,1-3H3. The Morgan fingerprint density at radius 1 is 1.14 bits per heavy atom. The highest BCUT2D eigenvalue weighted by Gasteiger charge is 2.67. The summed E-state index contributed by atoms with van der Waals surface area (Å²) in [5.74, 6) is 1.65. The Labute approximate surface area is 173 Å². The molecule has 160 valence electrons. The molecule has 0 aromatic heterocycles. The van der Waals surface area contributed by atoms with Gasteiger partial charge < -0.3 is 9.84 Å². The number of rotatable bonds is 2. The highest BCUT2D eigenvalue weighted by molar-refractivity contribution is 5.92. The van der Waals surface area contributed by atoms with Crippen molar-refractivity contribution in [1.29, 1.82) is 0 Å². The third-order valence-corrected chi connectivity index (χ3v) is 9.87. The number of carbonyl (C=O) groups is 2. The van der Waals surface area contributed by atoms with E-state index in [1.54, 1.807) is 0 Å². The molecule has 7 atom stereocenters. The summed E-state index contributed by atoms with van der Waals surface area (Å²) >= 11 is 0. The fraction of sp³-hybridized carbons (Fsp3) is 0.833. The molecule has 5 heteroatoms. The molecule has 0 amide bonds. The van der Waals surface area contributed by atoms with Crippen LogP contribution in [-0.4, -0.2) is 53.6 Å². The topological polar surface area (TPSA) is 66.8 Å². The van der Waals surface area contributed by atoms with Crippen molar-refractivity contribution in [1.82, 2.24) is 4.90 Å². The van der Waals surface area contributed by atoms with Gasteiger partial charge in [0, 0.05) is 18.4 Å². The van der Waals surface area contributed by atoms with E-state index in [0.717, 1.165) is 45.1 Å². The fourth-order valence-electron chi connectivity index (χ4n) is 8.01. The number of hydrogen-bond acceptors (Lipinski definition) is 5. The van der Waals surface area contributed by atoms with Crippen molar-refractivity contribution in [2.75, 3.05) is 20.2 Å². The van der Waals surface area contributed by atoms with E-state index in [2.05, 4.69) is 13.8 Å². The van der Waals surface area contributed by atoms with Gasteiger partial charge in [-0.05, 0) is 81.2 Å². The van der Waals surface area contributed by atoms with Crippen LogP contribution in [-0.2, 0) is 14.3 Å². The van der Waals surface area contributed by atoms with Gasteiger partial charge in [0.25, 0.3) is 0 Å². The molecule has 1 heterocycles. The quantitative estimate of drug-likeness (QED) is 0.770. The lowest BCUT2D eigenvalue weighted by Crippen LogP contribution is -2.60. The van der Waals surface area contributed by atoms with E-state index in [1.165, 1.54) is 5.57 Å². The molecule has 29 heavy (non-hydrogen) atoms. The molecule has 4 aliphatic carbocycles. The Morgan fingerprint density at radius 3 is 2.62 bits per heavy atom. The average molecular weight is 402 g/mol. The lowest BCUT2D eigenvalue weighted by Gasteiger charge is -2.59. The summed E-state index contributed by atoms with van der Waals surface area (Å²) in [6.45, 7) is 5.84. The van der Waals surface area contributed by atoms with Crippen LogP contribution in [0, 0.1) is 28.6 Å². The van der Waals surface area contributed by atoms with Gasteiger partial charge in [-0.3, -0.25) is 14.5 Å². The maximum atomic E-state index is 13.5. The molecule has 5 rings (SSSR count). The van der Waals surface area contributed by atoms with Crippen molar-refractivity contribution in [3.63, 3.8) is 0 Å². The van der Waals surface area contributed by atoms with Gasteiger partial charge in [0.1, 0.15) is 5.60 Å². The molecule has 1 N–H and O–H groups in total. The predicted octanol–water partition coefficient (Wildman–Crippen LogP) is 3.11. The van der Waals surface area contributed by atoms with Crippen molar-refractivity contribution < 1.29 is 19.4 Å². The van der Waals surface area contributed by atoms with Gasteiger partial charge >= 0.3 is 0 Å². The molecular formula is C24H35NO4. The minimum absolute atomic E-state index is 0.119. The summed E-state index contributed by atoms with van der Waals surface area (Å²) in [5.41, 5.74) is -0.174. The second-order valence-electron chi connectivity index (χ2n) is 10.9. The first-order chi connectivity index (χ1) is 13.7. The van der Waals surface area contributed by atoms with Gasteiger partial charge in [0.05, 0.1) is 6.61 Å². The number of likely N-dealkylation sites (N-methyl/N-ethyl adjacent to an activating group) is 1. The third-order valence-electron chi connectivity index (χ3n) is 9.87. The van der Waals surface area contributed by atoms with Crippen molar-refractivity contribution in [3.05, 3.63) is 11.6 Å². The lowest BCUT2D eigenvalue weighted by molar-refractivity contribution is -0.175. The van der Waals surface area contributed by atoms with E-state index < -0.39 is 11.8 Å². The number of ether oxygens (including phenoxy) is 1. The number of ketones is 2. The molecule has 1 aliphatic heterocycles. The van der Waals surface area contributed by atoms with E-state index in [9.17, 15) is 14.7 Å². The summed E-state index contributed by atoms with van der Waals surface area (Å²) in [7, 11) is 1.91. The van der Waals surface area contributed by atoms with Crippen LogP contribution in [0.2, 0.25) is 0 Å². The van der Waals surface area contributed by atoms with Crippen molar-refractivity contribution in [2.45, 2.75) is 77.0 Å². The number of fused-ring (bicyclic) bond motifs is 5. The highest BCUT2D eigenvalue weighted by Crippen LogP contribution is 2.67. The van der Waals surface area contributed by atoms with Crippen LogP contribution in [0.4, 0.5) is 0 Å². The molecule has 0 aromatic carbocycles. The zero-order valence-corrected chi connectivity index (χ0v) is 18.1. The first-order valence-corrected chi connectivity index (χ1v) is 11.5. The summed E-state index contributed by atoms with van der Waals surface area (Å²) in [4.78, 5) is 27.4. The molecule has 0 spiro atoms. The smallest absolute Gasteiger partial charge is 0.208 e. The molecule has 7 unspecified atom stereocenters. The number of aliphatic hydroxyl groups is 1. The van der Waals surface area contributed by atoms with Gasteiger partial charge in [-0.25, -0.2) is 0 Å². The van der Waals surface area contributed by atoms with Crippen molar-refractivity contribution in [2.24, 2.45) is 28.6 Å². The minimum Gasteiger partial charge on any atom is -0.381 e. The molecule has 5 nitrogen and oxygen atoms in total. The number of carbonyl (C=O) groups excluding carboxylic acids is 2. The van der Waals surface area contributed by atoms with Crippen LogP contribution in [0.5, 0.6) is 0 Å². The zero-order valence-electron chi connectivity index (χ0n) is 18.1. The molecule has 1 saturated heterocycles. The first-order valence-electron chi connectivity index (χ1n) is 11.5. The number of Topliss-reactive ketones (excluding diaryl/α,β-unsaturated/α-hetero) is 1. The molecule has 0 bridgehead atoms. The number of nitrogens with zero attached hydrogens (tertiary/aromatic N) is 1. The lowest BCUT2D eigenvalue weighted by atomic mass is 9.46. The van der Waals surface area contributed by atoms with Crippen molar-refractivity contribution in [3.8, 4) is 0 Å². The largest absolute Gasteiger partial charge is 0.381 e. The summed E-state index contributed by atoms with van der Waals surface area (Å²) in [6, 6.07) is 0. The maximum absolute atomic E-state index is 13.5. The number of hydrogen-bond donors (Lipinski definition) is 1. The second-order valence-corrected chi connectivity index (χ2v) is 10.9. The van der Waals surface area contributed by atoms with E-state index in [0.29, 0.717) is 37.2 Å². The summed E-state index contributed by atoms with van der Waals surface area (Å²) in [5, 5.41) is 11.8. The summed E-state index contributed by atoms with van der Waals surface area (Å²) < 4.78 is 5.71. The average Bonchev–Trinajstić information content (AvgIpc) is 3.23. The Hall–Kier alpha value is -1.04. The minimum atomic E-state index is -1.29. The van der Waals surface area contributed by atoms with E-state index in [-0.39, 0.29) is 22.4 Å². The molecule has 3 saturated carbocycles. The molecule has 0 aromatic rings. The molecule has 0 radical (unpaired) electrons. The Bertz CT molecular complexity index is 777. The SMILES string of the molecule is CN1CCOC1C(=O)C1(O)CCC2C3CCC4=CC(=O)CCC4(C)C3CCC21C. The molecule has 4 fully saturated rings. The van der Waals surface area contributed by atoms with E-state index in [1.807, 2.05) is 18.0 Å². The Balaban J connectivity index is 1.45. The van der Waals surface area contributed by atoms with Crippen LogP contribution < -0.4 is 0 Å². The highest BCUT2D eigenvalue weighted by atomic mass is 16.5. The molecular weight excluding hydrogens is 366 g/mol. The Kier molecular flexibility index (Phi) is 4.44. The van der Waals surface area contributed by atoms with Gasteiger partial charge in [0.2, 0.25) is 5.78 Å². The van der Waals surface area contributed by atoms with Crippen LogP contribution >= 0.6 is 0 Å². The van der Waals surface area contributed by atoms with Crippen molar-refractivity contribution >= 4 is 11.6 Å². The van der Waals surface area contributed by atoms with Crippen LogP contribution in [0.25, 0.3) is 0 Å². The third kappa shape index (κ3) is 2.56. The predicted molar refractivity (Wildman–Crippen MR) is 109 cm³/mol. The molecule has 5 aliphatic rings. The van der Waals surface area contributed by atoms with Crippen LogP contribution in [0.3, 0.4) is 0 Å². The van der Waals surface area contributed by atoms with Gasteiger partial charge in [-0.2, -0.15) is 0 Å². The Morgan fingerprint density at radius 2 is 1.90 bits per heavy atom. The van der Waals surface area contributed by atoms with Gasteiger partial charge in [-0.15, -0.1) is 0 Å². The maximum Gasteiger partial charge on any atom is 0.208 e. The second kappa shape index (κ2) is 6.48. The van der Waals surface area contributed by atoms with Crippen LogP contribution in [0.15, 0.2) is 11.6 Å². The van der Waals surface area contributed by atoms with E-state index >= 15 is 0 Å².